The van der Waals surface area contributed by atoms with Gasteiger partial charge in [0.25, 0.3) is 0 Å². The molecule has 0 saturated heterocycles. The van der Waals surface area contributed by atoms with Crippen molar-refractivity contribution in [2.45, 2.75) is 76.5 Å². The number of halogens is 2. The van der Waals surface area contributed by atoms with Crippen LogP contribution in [-0.2, 0) is 28.5 Å². The number of carbonyl (C=O) groups excluding carboxylic acids is 2. The lowest BCUT2D eigenvalue weighted by molar-refractivity contribution is -0.165. The van der Waals surface area contributed by atoms with Crippen molar-refractivity contribution in [3.05, 3.63) is 0 Å². The number of ether oxygens (including phenoxy) is 4. The van der Waals surface area contributed by atoms with E-state index in [-0.39, 0.29) is 35.9 Å². The molecule has 6 nitrogen and oxygen atoms in total. The Balaban J connectivity index is 2.62. The summed E-state index contributed by atoms with van der Waals surface area (Å²) in [7, 11) is 3.11. The quantitative estimate of drug-likeness (QED) is 0.156. The predicted octanol–water partition coefficient (Wildman–Crippen LogP) is 5.47. The summed E-state index contributed by atoms with van der Waals surface area (Å²) in [6, 6.07) is 0. The average Bonchev–Trinajstić information content (AvgIpc) is 2.80. The first-order valence-corrected chi connectivity index (χ1v) is 13.2. The van der Waals surface area contributed by atoms with Crippen LogP contribution in [0.2, 0.25) is 0 Å². The Morgan fingerprint density at radius 1 is 0.788 bits per heavy atom. The van der Waals surface area contributed by atoms with Crippen LogP contribution in [0.15, 0.2) is 0 Å². The highest BCUT2D eigenvalue weighted by Crippen LogP contribution is 2.39. The fraction of sp³-hybridized carbons (Fsp3) is 0.920. The van der Waals surface area contributed by atoms with Crippen LogP contribution in [0.4, 0.5) is 0 Å². The Morgan fingerprint density at radius 2 is 1.36 bits per heavy atom. The van der Waals surface area contributed by atoms with E-state index in [2.05, 4.69) is 20.8 Å². The Labute approximate surface area is 210 Å². The molecule has 194 valence electrons. The summed E-state index contributed by atoms with van der Waals surface area (Å²) in [4.78, 5) is 25.4. The van der Waals surface area contributed by atoms with Gasteiger partial charge >= 0.3 is 11.9 Å². The molecule has 0 aromatic carbocycles. The number of alkyl halides is 2. The molecule has 0 aromatic heterocycles. The van der Waals surface area contributed by atoms with Gasteiger partial charge in [-0.3, -0.25) is 9.59 Å². The standard InChI is InChI=1S/C25H44Cl2O6/c1-17(2)22(26)10-6-18(3)23(27)11-8-19-7-9-20(24(28)32-14-12-30-4)21(16-19)25(29)33-15-13-31-5/h17-23H,6-16H2,1-5H3. The van der Waals surface area contributed by atoms with Gasteiger partial charge < -0.3 is 18.9 Å². The number of hydrogen-bond acceptors (Lipinski definition) is 6. The molecule has 0 spiro atoms. The van der Waals surface area contributed by atoms with Crippen molar-refractivity contribution in [1.82, 2.24) is 0 Å². The average molecular weight is 512 g/mol. The summed E-state index contributed by atoms with van der Waals surface area (Å²) in [6.45, 7) is 7.50. The molecule has 1 aliphatic rings. The van der Waals surface area contributed by atoms with Crippen molar-refractivity contribution in [3.63, 3.8) is 0 Å². The smallest absolute Gasteiger partial charge is 0.309 e. The molecule has 1 fully saturated rings. The molecule has 0 heterocycles. The molecular weight excluding hydrogens is 467 g/mol. The maximum Gasteiger partial charge on any atom is 0.309 e. The summed E-state index contributed by atoms with van der Waals surface area (Å²) in [5.41, 5.74) is 0. The Morgan fingerprint density at radius 3 is 1.91 bits per heavy atom. The summed E-state index contributed by atoms with van der Waals surface area (Å²) in [6.07, 6.45) is 5.90. The van der Waals surface area contributed by atoms with Gasteiger partial charge in [0.1, 0.15) is 13.2 Å². The van der Waals surface area contributed by atoms with Gasteiger partial charge in [-0.25, -0.2) is 0 Å². The molecule has 0 aliphatic heterocycles. The van der Waals surface area contributed by atoms with Crippen LogP contribution in [0.1, 0.15) is 65.7 Å². The molecule has 33 heavy (non-hydrogen) atoms. The third kappa shape index (κ3) is 11.6. The second-order valence-electron chi connectivity index (χ2n) is 9.62. The molecule has 0 radical (unpaired) electrons. The molecule has 0 amide bonds. The van der Waals surface area contributed by atoms with E-state index in [9.17, 15) is 9.59 Å². The van der Waals surface area contributed by atoms with Gasteiger partial charge in [-0.15, -0.1) is 23.2 Å². The molecular formula is C25H44Cl2O6. The zero-order valence-corrected chi connectivity index (χ0v) is 22.5. The van der Waals surface area contributed by atoms with Gasteiger partial charge in [0.2, 0.25) is 0 Å². The van der Waals surface area contributed by atoms with E-state index in [4.69, 9.17) is 42.1 Å². The number of carbonyl (C=O) groups is 2. The van der Waals surface area contributed by atoms with E-state index < -0.39 is 11.8 Å². The number of hydrogen-bond donors (Lipinski definition) is 0. The van der Waals surface area contributed by atoms with E-state index >= 15 is 0 Å². The van der Waals surface area contributed by atoms with Crippen LogP contribution in [0.5, 0.6) is 0 Å². The fourth-order valence-corrected chi connectivity index (χ4v) is 4.72. The second-order valence-corrected chi connectivity index (χ2v) is 10.7. The van der Waals surface area contributed by atoms with E-state index in [1.54, 1.807) is 14.2 Å². The first kappa shape index (κ1) is 30.5. The second kappa shape index (κ2) is 17.0. The molecule has 1 saturated carbocycles. The molecule has 8 heteroatoms. The van der Waals surface area contributed by atoms with Gasteiger partial charge in [0.15, 0.2) is 0 Å². The number of methoxy groups -OCH3 is 2. The van der Waals surface area contributed by atoms with Gasteiger partial charge in [0, 0.05) is 25.0 Å². The van der Waals surface area contributed by atoms with Gasteiger partial charge in [-0.1, -0.05) is 20.8 Å². The lowest BCUT2D eigenvalue weighted by Crippen LogP contribution is -2.38. The number of esters is 2. The zero-order chi connectivity index (χ0) is 24.8. The molecule has 0 N–H and O–H groups in total. The third-order valence-corrected chi connectivity index (χ3v) is 8.09. The lowest BCUT2D eigenvalue weighted by atomic mass is 9.72. The Kier molecular flexibility index (Phi) is 15.7. The van der Waals surface area contributed by atoms with Crippen LogP contribution in [0, 0.1) is 29.6 Å². The minimum Gasteiger partial charge on any atom is -0.463 e. The highest BCUT2D eigenvalue weighted by atomic mass is 35.5. The molecule has 6 atom stereocenters. The normalized spacial score (nSPS) is 23.7. The summed E-state index contributed by atoms with van der Waals surface area (Å²) in [5.74, 6) is -0.483. The third-order valence-electron chi connectivity index (χ3n) is 6.72. The number of rotatable bonds is 16. The van der Waals surface area contributed by atoms with Crippen LogP contribution in [0.25, 0.3) is 0 Å². The van der Waals surface area contributed by atoms with Crippen LogP contribution >= 0.6 is 23.2 Å². The van der Waals surface area contributed by atoms with Crippen molar-refractivity contribution in [3.8, 4) is 0 Å². The van der Waals surface area contributed by atoms with Crippen molar-refractivity contribution in [2.75, 3.05) is 40.6 Å². The van der Waals surface area contributed by atoms with Gasteiger partial charge in [-0.2, -0.15) is 0 Å². The molecule has 6 unspecified atom stereocenters. The maximum absolute atomic E-state index is 12.8. The van der Waals surface area contributed by atoms with Crippen molar-refractivity contribution >= 4 is 35.1 Å². The SMILES string of the molecule is COCCOC(=O)C1CCC(CCC(Cl)C(C)CCC(Cl)C(C)C)CC1C(=O)OCCOC. The van der Waals surface area contributed by atoms with E-state index in [0.717, 1.165) is 32.1 Å². The minimum atomic E-state index is -0.495. The Hall–Kier alpha value is -0.560. The summed E-state index contributed by atoms with van der Waals surface area (Å²) < 4.78 is 20.6. The highest BCUT2D eigenvalue weighted by molar-refractivity contribution is 6.21. The monoisotopic (exact) mass is 510 g/mol. The zero-order valence-electron chi connectivity index (χ0n) is 21.0. The topological polar surface area (TPSA) is 71.1 Å². The van der Waals surface area contributed by atoms with E-state index in [0.29, 0.717) is 43.8 Å². The summed E-state index contributed by atoms with van der Waals surface area (Å²) in [5, 5.41) is 0.255. The lowest BCUT2D eigenvalue weighted by Gasteiger charge is -2.34. The van der Waals surface area contributed by atoms with Gasteiger partial charge in [-0.05, 0) is 62.7 Å². The molecule has 1 aliphatic carbocycles. The van der Waals surface area contributed by atoms with Crippen molar-refractivity contribution in [1.29, 1.82) is 0 Å². The maximum atomic E-state index is 12.8. The Bertz CT molecular complexity index is 559. The predicted molar refractivity (Wildman–Crippen MR) is 132 cm³/mol. The van der Waals surface area contributed by atoms with Crippen LogP contribution in [-0.4, -0.2) is 63.3 Å². The fourth-order valence-electron chi connectivity index (χ4n) is 4.34. The van der Waals surface area contributed by atoms with Crippen LogP contribution < -0.4 is 0 Å². The largest absolute Gasteiger partial charge is 0.463 e. The van der Waals surface area contributed by atoms with E-state index in [1.807, 2.05) is 0 Å². The van der Waals surface area contributed by atoms with E-state index in [1.165, 1.54) is 0 Å². The first-order valence-electron chi connectivity index (χ1n) is 12.3. The van der Waals surface area contributed by atoms with Gasteiger partial charge in [0.05, 0.1) is 25.0 Å². The van der Waals surface area contributed by atoms with Crippen molar-refractivity contribution < 1.29 is 28.5 Å². The molecule has 0 aromatic rings. The highest BCUT2D eigenvalue weighted by Gasteiger charge is 2.41. The van der Waals surface area contributed by atoms with Crippen LogP contribution in [0.3, 0.4) is 0 Å². The summed E-state index contributed by atoms with van der Waals surface area (Å²) >= 11 is 13.1. The molecule has 1 rings (SSSR count). The van der Waals surface area contributed by atoms with Crippen molar-refractivity contribution in [2.24, 2.45) is 29.6 Å². The first-order chi connectivity index (χ1) is 15.7. The minimum absolute atomic E-state index is 0.0740. The molecule has 0 bridgehead atoms.